The van der Waals surface area contributed by atoms with Crippen LogP contribution in [-0.2, 0) is 22.7 Å². The number of piperidine rings is 1. The SMILES string of the molecule is CNC(=O)c1cn(CC2(O)CCN(C(=O)COCc3ccccc3)CC2)nn1. The average Bonchev–Trinajstić information content (AvgIpc) is 3.16. The molecule has 9 nitrogen and oxygen atoms in total. The second-order valence-corrected chi connectivity index (χ2v) is 6.96. The second kappa shape index (κ2) is 8.94. The Labute approximate surface area is 163 Å². The van der Waals surface area contributed by atoms with E-state index >= 15 is 0 Å². The lowest BCUT2D eigenvalue weighted by atomic mass is 9.91. The zero-order valence-electron chi connectivity index (χ0n) is 15.9. The molecule has 0 aliphatic carbocycles. The molecular weight excluding hydrogens is 362 g/mol. The van der Waals surface area contributed by atoms with E-state index in [0.717, 1.165) is 5.56 Å². The Balaban J connectivity index is 1.44. The van der Waals surface area contributed by atoms with Crippen LogP contribution in [-0.4, -0.2) is 69.2 Å². The maximum Gasteiger partial charge on any atom is 0.273 e. The van der Waals surface area contributed by atoms with Crippen molar-refractivity contribution in [1.82, 2.24) is 25.2 Å². The van der Waals surface area contributed by atoms with E-state index in [9.17, 15) is 14.7 Å². The summed E-state index contributed by atoms with van der Waals surface area (Å²) < 4.78 is 6.97. The molecule has 150 valence electrons. The maximum atomic E-state index is 12.3. The highest BCUT2D eigenvalue weighted by molar-refractivity contribution is 5.91. The van der Waals surface area contributed by atoms with Crippen LogP contribution in [0.25, 0.3) is 0 Å². The Bertz CT molecular complexity index is 800. The van der Waals surface area contributed by atoms with E-state index in [1.54, 1.807) is 4.90 Å². The van der Waals surface area contributed by atoms with Crippen molar-refractivity contribution in [3.63, 3.8) is 0 Å². The van der Waals surface area contributed by atoms with E-state index in [1.165, 1.54) is 17.9 Å². The van der Waals surface area contributed by atoms with Gasteiger partial charge in [-0.15, -0.1) is 5.10 Å². The Morgan fingerprint density at radius 3 is 2.64 bits per heavy atom. The van der Waals surface area contributed by atoms with Gasteiger partial charge in [0.05, 0.1) is 24.9 Å². The number of nitrogens with zero attached hydrogens (tertiary/aromatic N) is 4. The van der Waals surface area contributed by atoms with Gasteiger partial charge in [-0.2, -0.15) is 0 Å². The number of rotatable bonds is 7. The number of aromatic nitrogens is 3. The molecule has 2 N–H and O–H groups in total. The highest BCUT2D eigenvalue weighted by Crippen LogP contribution is 2.24. The quantitative estimate of drug-likeness (QED) is 0.703. The molecule has 0 radical (unpaired) electrons. The van der Waals surface area contributed by atoms with E-state index < -0.39 is 5.60 Å². The van der Waals surface area contributed by atoms with Crippen LogP contribution in [0.2, 0.25) is 0 Å². The predicted molar refractivity (Wildman–Crippen MR) is 100 cm³/mol. The van der Waals surface area contributed by atoms with Crippen molar-refractivity contribution in [3.8, 4) is 0 Å². The number of likely N-dealkylation sites (tertiary alicyclic amines) is 1. The van der Waals surface area contributed by atoms with Crippen LogP contribution in [0.5, 0.6) is 0 Å². The number of hydrogen-bond acceptors (Lipinski definition) is 6. The minimum Gasteiger partial charge on any atom is -0.388 e. The fourth-order valence-corrected chi connectivity index (χ4v) is 3.16. The summed E-state index contributed by atoms with van der Waals surface area (Å²) in [6.07, 6.45) is 2.35. The molecule has 1 fully saturated rings. The molecule has 2 heterocycles. The summed E-state index contributed by atoms with van der Waals surface area (Å²) in [5, 5.41) is 21.0. The first kappa shape index (κ1) is 20.0. The van der Waals surface area contributed by atoms with Gasteiger partial charge in [0, 0.05) is 20.1 Å². The summed E-state index contributed by atoms with van der Waals surface area (Å²) >= 11 is 0. The van der Waals surface area contributed by atoms with Gasteiger partial charge < -0.3 is 20.1 Å². The van der Waals surface area contributed by atoms with Crippen molar-refractivity contribution >= 4 is 11.8 Å². The van der Waals surface area contributed by atoms with Crippen LogP contribution in [0.1, 0.15) is 28.9 Å². The molecule has 3 rings (SSSR count). The van der Waals surface area contributed by atoms with Crippen LogP contribution >= 0.6 is 0 Å². The number of carbonyl (C=O) groups excluding carboxylic acids is 2. The molecule has 0 spiro atoms. The first-order chi connectivity index (χ1) is 13.5. The van der Waals surface area contributed by atoms with Crippen molar-refractivity contribution in [1.29, 1.82) is 0 Å². The Hall–Kier alpha value is -2.78. The molecule has 0 saturated carbocycles. The Kier molecular flexibility index (Phi) is 6.37. The number of carbonyl (C=O) groups is 2. The smallest absolute Gasteiger partial charge is 0.273 e. The predicted octanol–water partition coefficient (Wildman–Crippen LogP) is 0.208. The number of ether oxygens (including phenoxy) is 1. The van der Waals surface area contributed by atoms with Gasteiger partial charge in [-0.05, 0) is 18.4 Å². The number of hydrogen-bond donors (Lipinski definition) is 2. The Morgan fingerprint density at radius 1 is 1.25 bits per heavy atom. The lowest BCUT2D eigenvalue weighted by molar-refractivity contribution is -0.141. The number of benzene rings is 1. The number of aliphatic hydroxyl groups is 1. The van der Waals surface area contributed by atoms with Gasteiger partial charge in [0.2, 0.25) is 5.91 Å². The van der Waals surface area contributed by atoms with Gasteiger partial charge in [-0.1, -0.05) is 35.5 Å². The fraction of sp³-hybridized carbons (Fsp3) is 0.474. The Morgan fingerprint density at radius 2 is 1.96 bits per heavy atom. The maximum absolute atomic E-state index is 12.3. The molecule has 9 heteroatoms. The van der Waals surface area contributed by atoms with Crippen LogP contribution in [0.15, 0.2) is 36.5 Å². The molecule has 28 heavy (non-hydrogen) atoms. The summed E-state index contributed by atoms with van der Waals surface area (Å²) in [4.78, 5) is 25.6. The fourth-order valence-electron chi connectivity index (χ4n) is 3.16. The average molecular weight is 387 g/mol. The van der Waals surface area contributed by atoms with Crippen LogP contribution in [0, 0.1) is 0 Å². The molecule has 1 aromatic heterocycles. The third-order valence-corrected chi connectivity index (χ3v) is 4.84. The molecule has 2 amide bonds. The highest BCUT2D eigenvalue weighted by atomic mass is 16.5. The third-order valence-electron chi connectivity index (χ3n) is 4.84. The molecule has 0 bridgehead atoms. The molecule has 2 aromatic rings. The molecule has 1 aromatic carbocycles. The van der Waals surface area contributed by atoms with Gasteiger partial charge in [0.25, 0.3) is 5.91 Å². The van der Waals surface area contributed by atoms with Crippen LogP contribution in [0.4, 0.5) is 0 Å². The van der Waals surface area contributed by atoms with Crippen molar-refractivity contribution in [2.45, 2.75) is 31.6 Å². The zero-order valence-corrected chi connectivity index (χ0v) is 15.9. The summed E-state index contributed by atoms with van der Waals surface area (Å²) in [6, 6.07) is 9.69. The van der Waals surface area contributed by atoms with Gasteiger partial charge in [-0.25, -0.2) is 4.68 Å². The second-order valence-electron chi connectivity index (χ2n) is 6.96. The monoisotopic (exact) mass is 387 g/mol. The van der Waals surface area contributed by atoms with Crippen molar-refractivity contribution in [3.05, 3.63) is 47.8 Å². The van der Waals surface area contributed by atoms with Crippen molar-refractivity contribution in [2.24, 2.45) is 0 Å². The lowest BCUT2D eigenvalue weighted by Crippen LogP contribution is -2.49. The number of amides is 2. The summed E-state index contributed by atoms with van der Waals surface area (Å²) in [6.45, 7) is 1.53. The van der Waals surface area contributed by atoms with Crippen LogP contribution in [0.3, 0.4) is 0 Å². The van der Waals surface area contributed by atoms with Crippen molar-refractivity contribution in [2.75, 3.05) is 26.7 Å². The molecule has 1 aliphatic heterocycles. The minimum absolute atomic E-state index is 0.0197. The zero-order chi connectivity index (χ0) is 20.0. The van der Waals surface area contributed by atoms with Gasteiger partial charge in [-0.3, -0.25) is 9.59 Å². The molecule has 0 atom stereocenters. The molecule has 1 aliphatic rings. The normalized spacial score (nSPS) is 16.0. The molecule has 1 saturated heterocycles. The van der Waals surface area contributed by atoms with E-state index in [0.29, 0.717) is 32.5 Å². The first-order valence-electron chi connectivity index (χ1n) is 9.23. The van der Waals surface area contributed by atoms with E-state index in [4.69, 9.17) is 4.74 Å². The van der Waals surface area contributed by atoms with Crippen LogP contribution < -0.4 is 5.32 Å². The topological polar surface area (TPSA) is 110 Å². The molecule has 0 unspecified atom stereocenters. The van der Waals surface area contributed by atoms with Gasteiger partial charge in [0.1, 0.15) is 6.61 Å². The standard InChI is InChI=1S/C19H25N5O4/c1-20-18(26)16-11-24(22-21-16)14-19(27)7-9-23(10-8-19)17(25)13-28-12-15-5-3-2-4-6-15/h2-6,11,27H,7-10,12-14H2,1H3,(H,20,26). The van der Waals surface area contributed by atoms with E-state index in [1.807, 2.05) is 30.3 Å². The van der Waals surface area contributed by atoms with E-state index in [-0.39, 0.29) is 30.7 Å². The summed E-state index contributed by atoms with van der Waals surface area (Å²) in [5.74, 6) is -0.408. The van der Waals surface area contributed by atoms with Crippen molar-refractivity contribution < 1.29 is 19.4 Å². The first-order valence-corrected chi connectivity index (χ1v) is 9.23. The lowest BCUT2D eigenvalue weighted by Gasteiger charge is -2.37. The summed E-state index contributed by atoms with van der Waals surface area (Å²) in [7, 11) is 1.52. The van der Waals surface area contributed by atoms with Gasteiger partial charge in [0.15, 0.2) is 5.69 Å². The highest BCUT2D eigenvalue weighted by Gasteiger charge is 2.34. The van der Waals surface area contributed by atoms with Gasteiger partial charge >= 0.3 is 0 Å². The third kappa shape index (κ3) is 5.14. The number of nitrogens with one attached hydrogen (secondary N) is 1. The largest absolute Gasteiger partial charge is 0.388 e. The molecular formula is C19H25N5O4. The minimum atomic E-state index is -0.991. The summed E-state index contributed by atoms with van der Waals surface area (Å²) in [5.41, 5.74) is 0.233. The van der Waals surface area contributed by atoms with E-state index in [2.05, 4.69) is 15.6 Å².